The van der Waals surface area contributed by atoms with E-state index >= 15 is 0 Å². The zero-order valence-electron chi connectivity index (χ0n) is 6.69. The van der Waals surface area contributed by atoms with Crippen LogP contribution in [0.25, 0.3) is 0 Å². The molecule has 0 bridgehead atoms. The number of benzene rings is 1. The van der Waals surface area contributed by atoms with Crippen molar-refractivity contribution >= 4 is 0 Å². The molecule has 3 nitrogen and oxygen atoms in total. The van der Waals surface area contributed by atoms with Crippen molar-refractivity contribution in [3.05, 3.63) is 35.4 Å². The van der Waals surface area contributed by atoms with Crippen LogP contribution in [0, 0.1) is 11.3 Å². The van der Waals surface area contributed by atoms with E-state index in [-0.39, 0.29) is 0 Å². The van der Waals surface area contributed by atoms with Gasteiger partial charge in [-0.25, -0.2) is 0 Å². The van der Waals surface area contributed by atoms with Gasteiger partial charge in [0.15, 0.2) is 6.29 Å². The number of nitriles is 1. The van der Waals surface area contributed by atoms with Crippen molar-refractivity contribution in [2.45, 2.75) is 6.29 Å². The van der Waals surface area contributed by atoms with Gasteiger partial charge in [-0.1, -0.05) is 12.1 Å². The van der Waals surface area contributed by atoms with E-state index in [2.05, 4.69) is 4.74 Å². The van der Waals surface area contributed by atoms with Crippen LogP contribution in [0.1, 0.15) is 17.4 Å². The summed E-state index contributed by atoms with van der Waals surface area (Å²) in [7, 11) is 1.42. The monoisotopic (exact) mass is 163 g/mol. The molecule has 1 aromatic carbocycles. The van der Waals surface area contributed by atoms with Crippen LogP contribution >= 0.6 is 0 Å². The van der Waals surface area contributed by atoms with Gasteiger partial charge in [0.25, 0.3) is 0 Å². The molecule has 1 N–H and O–H groups in total. The Labute approximate surface area is 70.8 Å². The highest BCUT2D eigenvalue weighted by Crippen LogP contribution is 2.13. The molecule has 0 aliphatic heterocycles. The minimum atomic E-state index is -0.905. The number of ether oxygens (including phenoxy) is 1. The number of aliphatic hydroxyl groups excluding tert-OH is 1. The van der Waals surface area contributed by atoms with Gasteiger partial charge in [-0.05, 0) is 12.1 Å². The fraction of sp³-hybridized carbons (Fsp3) is 0.222. The lowest BCUT2D eigenvalue weighted by molar-refractivity contribution is -0.0769. The zero-order valence-corrected chi connectivity index (χ0v) is 6.69. The van der Waals surface area contributed by atoms with E-state index in [9.17, 15) is 5.11 Å². The molecule has 0 saturated carbocycles. The summed E-state index contributed by atoms with van der Waals surface area (Å²) in [5, 5.41) is 17.7. The van der Waals surface area contributed by atoms with Crippen LogP contribution in [0.4, 0.5) is 0 Å². The van der Waals surface area contributed by atoms with Gasteiger partial charge in [0, 0.05) is 12.7 Å². The van der Waals surface area contributed by atoms with Crippen LogP contribution in [0.15, 0.2) is 24.3 Å². The number of rotatable bonds is 2. The molecule has 0 amide bonds. The standard InChI is InChI=1S/C9H9NO2/c1-12-9(11)8-4-2-7(6-10)3-5-8/h2-5,9,11H,1H3. The molecule has 0 saturated heterocycles. The van der Waals surface area contributed by atoms with E-state index in [0.717, 1.165) is 0 Å². The van der Waals surface area contributed by atoms with Crippen LogP contribution in [0.3, 0.4) is 0 Å². The summed E-state index contributed by atoms with van der Waals surface area (Å²) in [6.07, 6.45) is -0.905. The number of nitrogens with zero attached hydrogens (tertiary/aromatic N) is 1. The van der Waals surface area contributed by atoms with Gasteiger partial charge >= 0.3 is 0 Å². The predicted octanol–water partition coefficient (Wildman–Crippen LogP) is 1.20. The highest BCUT2D eigenvalue weighted by atomic mass is 16.6. The van der Waals surface area contributed by atoms with Gasteiger partial charge in [-0.2, -0.15) is 5.26 Å². The molecule has 12 heavy (non-hydrogen) atoms. The molecule has 0 heterocycles. The maximum Gasteiger partial charge on any atom is 0.180 e. The van der Waals surface area contributed by atoms with E-state index in [1.165, 1.54) is 7.11 Å². The Balaban J connectivity index is 2.86. The summed E-state index contributed by atoms with van der Waals surface area (Å²) in [6.45, 7) is 0. The van der Waals surface area contributed by atoms with Crippen LogP contribution < -0.4 is 0 Å². The SMILES string of the molecule is COC(O)c1ccc(C#N)cc1. The van der Waals surface area contributed by atoms with Crippen molar-refractivity contribution < 1.29 is 9.84 Å². The summed E-state index contributed by atoms with van der Waals surface area (Å²) >= 11 is 0. The van der Waals surface area contributed by atoms with Gasteiger partial charge < -0.3 is 9.84 Å². The molecule has 1 rings (SSSR count). The average Bonchev–Trinajstić information content (AvgIpc) is 2.17. The first kappa shape index (κ1) is 8.72. The quantitative estimate of drug-likeness (QED) is 0.666. The van der Waals surface area contributed by atoms with E-state index < -0.39 is 6.29 Å². The molecule has 1 aromatic rings. The molecule has 62 valence electrons. The van der Waals surface area contributed by atoms with E-state index in [1.54, 1.807) is 24.3 Å². The lowest BCUT2D eigenvalue weighted by Crippen LogP contribution is -1.98. The van der Waals surface area contributed by atoms with Crippen molar-refractivity contribution in [2.24, 2.45) is 0 Å². The lowest BCUT2D eigenvalue weighted by atomic mass is 10.1. The normalized spacial score (nSPS) is 12.1. The van der Waals surface area contributed by atoms with Crippen LogP contribution in [0.2, 0.25) is 0 Å². The molecule has 0 aliphatic carbocycles. The topological polar surface area (TPSA) is 53.2 Å². The Morgan fingerprint density at radius 2 is 2.00 bits per heavy atom. The zero-order chi connectivity index (χ0) is 8.97. The largest absolute Gasteiger partial charge is 0.364 e. The third kappa shape index (κ3) is 1.82. The fourth-order valence-corrected chi connectivity index (χ4v) is 0.858. The summed E-state index contributed by atoms with van der Waals surface area (Å²) in [5.41, 5.74) is 1.22. The van der Waals surface area contributed by atoms with Crippen LogP contribution in [0.5, 0.6) is 0 Å². The Morgan fingerprint density at radius 1 is 1.42 bits per heavy atom. The summed E-state index contributed by atoms with van der Waals surface area (Å²) < 4.78 is 4.68. The number of methoxy groups -OCH3 is 1. The first-order chi connectivity index (χ1) is 5.77. The van der Waals surface area contributed by atoms with E-state index in [0.29, 0.717) is 11.1 Å². The molecule has 0 aliphatic rings. The molecule has 0 aromatic heterocycles. The summed E-state index contributed by atoms with van der Waals surface area (Å²) in [5.74, 6) is 0. The number of aliphatic hydroxyl groups is 1. The molecular weight excluding hydrogens is 154 g/mol. The van der Waals surface area contributed by atoms with E-state index in [4.69, 9.17) is 5.26 Å². The molecule has 0 fully saturated rings. The molecular formula is C9H9NO2. The summed E-state index contributed by atoms with van der Waals surface area (Å²) in [6, 6.07) is 8.58. The summed E-state index contributed by atoms with van der Waals surface area (Å²) in [4.78, 5) is 0. The third-order valence-corrected chi connectivity index (χ3v) is 1.55. The second-order valence-corrected chi connectivity index (χ2v) is 2.32. The van der Waals surface area contributed by atoms with Crippen molar-refractivity contribution in [3.63, 3.8) is 0 Å². The van der Waals surface area contributed by atoms with Gasteiger partial charge in [0.1, 0.15) is 0 Å². The first-order valence-electron chi connectivity index (χ1n) is 3.49. The smallest absolute Gasteiger partial charge is 0.180 e. The van der Waals surface area contributed by atoms with Gasteiger partial charge in [0.05, 0.1) is 11.6 Å². The van der Waals surface area contributed by atoms with Crippen molar-refractivity contribution in [2.75, 3.05) is 7.11 Å². The minimum Gasteiger partial charge on any atom is -0.364 e. The molecule has 1 unspecified atom stereocenters. The van der Waals surface area contributed by atoms with Gasteiger partial charge in [-0.15, -0.1) is 0 Å². The Hall–Kier alpha value is -1.37. The molecule has 1 atom stereocenters. The minimum absolute atomic E-state index is 0.571. The second kappa shape index (κ2) is 3.86. The van der Waals surface area contributed by atoms with Crippen LogP contribution in [-0.2, 0) is 4.74 Å². The molecule has 0 spiro atoms. The van der Waals surface area contributed by atoms with E-state index in [1.807, 2.05) is 6.07 Å². The average molecular weight is 163 g/mol. The maximum absolute atomic E-state index is 9.19. The van der Waals surface area contributed by atoms with Crippen molar-refractivity contribution in [1.29, 1.82) is 5.26 Å². The van der Waals surface area contributed by atoms with Gasteiger partial charge in [0.2, 0.25) is 0 Å². The highest BCUT2D eigenvalue weighted by Gasteiger charge is 2.03. The van der Waals surface area contributed by atoms with Crippen LogP contribution in [-0.4, -0.2) is 12.2 Å². The Kier molecular flexibility index (Phi) is 2.81. The van der Waals surface area contributed by atoms with Crippen molar-refractivity contribution in [1.82, 2.24) is 0 Å². The Morgan fingerprint density at radius 3 is 2.42 bits per heavy atom. The van der Waals surface area contributed by atoms with Crippen molar-refractivity contribution in [3.8, 4) is 6.07 Å². The Bertz CT molecular complexity index is 286. The molecule has 3 heteroatoms. The number of hydrogen-bond acceptors (Lipinski definition) is 3. The second-order valence-electron chi connectivity index (χ2n) is 2.32. The van der Waals surface area contributed by atoms with Gasteiger partial charge in [-0.3, -0.25) is 0 Å². The molecule has 0 radical (unpaired) electrons. The number of hydrogen-bond donors (Lipinski definition) is 1. The fourth-order valence-electron chi connectivity index (χ4n) is 0.858. The first-order valence-corrected chi connectivity index (χ1v) is 3.49. The lowest BCUT2D eigenvalue weighted by Gasteiger charge is -2.07. The predicted molar refractivity (Wildman–Crippen MR) is 43.1 cm³/mol. The third-order valence-electron chi connectivity index (χ3n) is 1.55. The maximum atomic E-state index is 9.19. The highest BCUT2D eigenvalue weighted by molar-refractivity contribution is 5.31.